The molecule has 0 N–H and O–H groups in total. The van der Waals surface area contributed by atoms with E-state index in [4.69, 9.17) is 4.74 Å². The van der Waals surface area contributed by atoms with E-state index in [1.54, 1.807) is 13.8 Å². The van der Waals surface area contributed by atoms with Gasteiger partial charge in [-0.3, -0.25) is 0 Å². The van der Waals surface area contributed by atoms with Crippen LogP contribution >= 0.6 is 11.8 Å². The van der Waals surface area contributed by atoms with Crippen molar-refractivity contribution in [3.05, 3.63) is 11.4 Å². The Kier molecular flexibility index (Phi) is 3.23. The van der Waals surface area contributed by atoms with Gasteiger partial charge in [-0.1, -0.05) is 11.8 Å². The van der Waals surface area contributed by atoms with E-state index in [1.807, 2.05) is 6.26 Å². The van der Waals surface area contributed by atoms with Gasteiger partial charge in [0, 0.05) is 0 Å². The predicted molar refractivity (Wildman–Crippen MR) is 61.1 cm³/mol. The lowest BCUT2D eigenvalue weighted by Crippen LogP contribution is -2.14. The molecule has 8 heteroatoms. The minimum atomic E-state index is -0.499. The molecule has 0 bridgehead atoms. The third-order valence-electron chi connectivity index (χ3n) is 2.12. The summed E-state index contributed by atoms with van der Waals surface area (Å²) in [5.41, 5.74) is 0.734. The first kappa shape index (κ1) is 11.8. The number of aromatic nitrogens is 5. The first-order valence-corrected chi connectivity index (χ1v) is 6.21. The number of hydrogen-bond acceptors (Lipinski definition) is 7. The molecule has 0 amide bonds. The Morgan fingerprint density at radius 3 is 2.88 bits per heavy atom. The number of carbonyl (C=O) groups is 1. The molecule has 0 aliphatic carbocycles. The van der Waals surface area contributed by atoms with Gasteiger partial charge in [0.05, 0.1) is 12.3 Å². The first-order valence-electron chi connectivity index (χ1n) is 4.98. The molecular formula is C9H11N5O2S. The summed E-state index contributed by atoms with van der Waals surface area (Å²) in [5, 5.41) is 12.4. The molecule has 7 nitrogen and oxygen atoms in total. The summed E-state index contributed by atoms with van der Waals surface area (Å²) in [4.78, 5) is 15.7. The summed E-state index contributed by atoms with van der Waals surface area (Å²) in [6.45, 7) is 3.76. The van der Waals surface area contributed by atoms with Crippen LogP contribution in [0.2, 0.25) is 0 Å². The molecule has 90 valence electrons. The molecule has 0 fully saturated rings. The van der Waals surface area contributed by atoms with E-state index >= 15 is 0 Å². The van der Waals surface area contributed by atoms with Gasteiger partial charge in [-0.05, 0) is 20.1 Å². The van der Waals surface area contributed by atoms with E-state index in [0.717, 1.165) is 0 Å². The second-order valence-corrected chi connectivity index (χ2v) is 3.94. The number of carbonyl (C=O) groups excluding carboxylic acids is 1. The molecule has 17 heavy (non-hydrogen) atoms. The third-order valence-corrected chi connectivity index (χ3v) is 2.66. The van der Waals surface area contributed by atoms with Crippen molar-refractivity contribution in [2.75, 3.05) is 12.9 Å². The third kappa shape index (κ3) is 2.07. The standard InChI is InChI=1S/C9H11N5O2S/c1-4-16-7(15)6-5(2)14-8(12-11-6)10-9(13-14)17-3/h4H2,1-3H3. The number of hydrogen-bond donors (Lipinski definition) is 0. The molecule has 0 unspecified atom stereocenters. The van der Waals surface area contributed by atoms with Crippen LogP contribution in [0, 0.1) is 6.92 Å². The normalized spacial score (nSPS) is 10.8. The van der Waals surface area contributed by atoms with Crippen LogP contribution in [0.1, 0.15) is 23.1 Å². The lowest BCUT2D eigenvalue weighted by atomic mass is 10.3. The van der Waals surface area contributed by atoms with Crippen LogP contribution in [0.15, 0.2) is 5.16 Å². The fraction of sp³-hybridized carbons (Fsp3) is 0.444. The smallest absolute Gasteiger partial charge is 0.360 e. The van der Waals surface area contributed by atoms with Crippen LogP contribution < -0.4 is 0 Å². The van der Waals surface area contributed by atoms with Gasteiger partial charge < -0.3 is 4.74 Å². The zero-order valence-electron chi connectivity index (χ0n) is 9.67. The fourth-order valence-corrected chi connectivity index (χ4v) is 1.65. The Labute approximate surface area is 102 Å². The molecule has 0 saturated carbocycles. The van der Waals surface area contributed by atoms with Crippen molar-refractivity contribution < 1.29 is 9.53 Å². The molecule has 2 aromatic heterocycles. The van der Waals surface area contributed by atoms with Crippen molar-refractivity contribution in [3.8, 4) is 0 Å². The molecule has 2 rings (SSSR count). The maximum absolute atomic E-state index is 11.6. The first-order chi connectivity index (χ1) is 8.17. The van der Waals surface area contributed by atoms with Crippen LogP contribution in [-0.2, 0) is 4.74 Å². The van der Waals surface area contributed by atoms with Gasteiger partial charge in [-0.2, -0.15) is 9.50 Å². The van der Waals surface area contributed by atoms with Gasteiger partial charge in [-0.15, -0.1) is 15.3 Å². The summed E-state index contributed by atoms with van der Waals surface area (Å²) < 4.78 is 6.37. The van der Waals surface area contributed by atoms with Gasteiger partial charge >= 0.3 is 5.97 Å². The highest BCUT2D eigenvalue weighted by atomic mass is 32.2. The highest BCUT2D eigenvalue weighted by molar-refractivity contribution is 7.98. The highest BCUT2D eigenvalue weighted by Gasteiger charge is 2.17. The Hall–Kier alpha value is -1.70. The summed E-state index contributed by atoms with van der Waals surface area (Å²) >= 11 is 1.40. The Bertz CT molecular complexity index is 568. The molecule has 2 aromatic rings. The molecular weight excluding hydrogens is 242 g/mol. The van der Waals surface area contributed by atoms with Crippen molar-refractivity contribution in [1.29, 1.82) is 0 Å². The SMILES string of the molecule is CCOC(=O)c1nnc2nc(SC)nn2c1C. The topological polar surface area (TPSA) is 82.3 Å². The number of fused-ring (bicyclic) bond motifs is 1. The largest absolute Gasteiger partial charge is 0.461 e. The van der Waals surface area contributed by atoms with Crippen molar-refractivity contribution in [2.24, 2.45) is 0 Å². The van der Waals surface area contributed by atoms with E-state index in [-0.39, 0.29) is 5.69 Å². The second-order valence-electron chi connectivity index (χ2n) is 3.16. The number of esters is 1. The van der Waals surface area contributed by atoms with Gasteiger partial charge in [-0.25, -0.2) is 4.79 Å². The zero-order chi connectivity index (χ0) is 12.4. The Morgan fingerprint density at radius 2 is 2.24 bits per heavy atom. The summed E-state index contributed by atoms with van der Waals surface area (Å²) in [5.74, 6) is -0.125. The highest BCUT2D eigenvalue weighted by Crippen LogP contribution is 2.12. The number of aryl methyl sites for hydroxylation is 1. The summed E-state index contributed by atoms with van der Waals surface area (Å²) in [7, 11) is 0. The molecule has 0 aromatic carbocycles. The minimum absolute atomic E-state index is 0.164. The Morgan fingerprint density at radius 1 is 1.47 bits per heavy atom. The van der Waals surface area contributed by atoms with E-state index in [9.17, 15) is 4.79 Å². The number of nitrogens with zero attached hydrogens (tertiary/aromatic N) is 5. The van der Waals surface area contributed by atoms with Crippen LogP contribution in [0.3, 0.4) is 0 Å². The molecule has 0 radical (unpaired) electrons. The quantitative estimate of drug-likeness (QED) is 0.589. The molecule has 0 saturated heterocycles. The Balaban J connectivity index is 2.52. The van der Waals surface area contributed by atoms with Crippen molar-refractivity contribution in [1.82, 2.24) is 24.8 Å². The molecule has 0 spiro atoms. The monoisotopic (exact) mass is 253 g/mol. The zero-order valence-corrected chi connectivity index (χ0v) is 10.5. The summed E-state index contributed by atoms with van der Waals surface area (Å²) in [6, 6.07) is 0. The summed E-state index contributed by atoms with van der Waals surface area (Å²) in [6.07, 6.45) is 1.86. The maximum atomic E-state index is 11.6. The van der Waals surface area contributed by atoms with Gasteiger partial charge in [0.25, 0.3) is 5.78 Å². The van der Waals surface area contributed by atoms with E-state index in [1.165, 1.54) is 16.3 Å². The van der Waals surface area contributed by atoms with Crippen LogP contribution in [0.4, 0.5) is 0 Å². The van der Waals surface area contributed by atoms with Crippen LogP contribution in [0.25, 0.3) is 5.78 Å². The van der Waals surface area contributed by atoms with Crippen LogP contribution in [0.5, 0.6) is 0 Å². The van der Waals surface area contributed by atoms with E-state index < -0.39 is 5.97 Å². The molecule has 0 aliphatic heterocycles. The average Bonchev–Trinajstić information content (AvgIpc) is 2.73. The minimum Gasteiger partial charge on any atom is -0.461 e. The molecule has 2 heterocycles. The van der Waals surface area contributed by atoms with Crippen molar-refractivity contribution in [3.63, 3.8) is 0 Å². The van der Waals surface area contributed by atoms with Gasteiger partial charge in [0.1, 0.15) is 0 Å². The lowest BCUT2D eigenvalue weighted by molar-refractivity contribution is 0.0516. The number of rotatable bonds is 3. The average molecular weight is 253 g/mol. The second kappa shape index (κ2) is 4.66. The van der Waals surface area contributed by atoms with E-state index in [0.29, 0.717) is 23.2 Å². The van der Waals surface area contributed by atoms with E-state index in [2.05, 4.69) is 20.3 Å². The van der Waals surface area contributed by atoms with Crippen molar-refractivity contribution >= 4 is 23.5 Å². The van der Waals surface area contributed by atoms with Crippen molar-refractivity contribution in [2.45, 2.75) is 19.0 Å². The number of ether oxygens (including phenoxy) is 1. The predicted octanol–water partition coefficient (Wildman–Crippen LogP) is 0.726. The lowest BCUT2D eigenvalue weighted by Gasteiger charge is -2.03. The maximum Gasteiger partial charge on any atom is 0.360 e. The molecule has 0 aliphatic rings. The fourth-order valence-electron chi connectivity index (χ4n) is 1.32. The van der Waals surface area contributed by atoms with Crippen LogP contribution in [-0.4, -0.2) is 43.6 Å². The molecule has 0 atom stereocenters. The number of thioether (sulfide) groups is 1. The van der Waals surface area contributed by atoms with Gasteiger partial charge in [0.15, 0.2) is 5.69 Å². The van der Waals surface area contributed by atoms with Gasteiger partial charge in [0.2, 0.25) is 5.16 Å².